The zero-order valence-electron chi connectivity index (χ0n) is 20.5. The summed E-state index contributed by atoms with van der Waals surface area (Å²) in [4.78, 5) is 13.2. The van der Waals surface area contributed by atoms with Gasteiger partial charge in [-0.15, -0.1) is 0 Å². The summed E-state index contributed by atoms with van der Waals surface area (Å²) in [6, 6.07) is 41.0. The van der Waals surface area contributed by atoms with Gasteiger partial charge in [-0.25, -0.2) is 0 Å². The maximum atomic E-state index is 13.2. The highest BCUT2D eigenvalue weighted by molar-refractivity contribution is 6.31. The maximum Gasteiger partial charge on any atom is 0.193 e. The molecule has 0 amide bonds. The van der Waals surface area contributed by atoms with E-state index in [0.29, 0.717) is 5.02 Å². The molecule has 0 saturated carbocycles. The second-order valence-electron chi connectivity index (χ2n) is 9.62. The summed E-state index contributed by atoms with van der Waals surface area (Å²) in [6.07, 6.45) is 0.724. The number of halogens is 1. The molecule has 180 valence electrons. The van der Waals surface area contributed by atoms with Crippen LogP contribution in [0, 0.1) is 6.92 Å². The highest BCUT2D eigenvalue weighted by Crippen LogP contribution is 2.43. The van der Waals surface area contributed by atoms with E-state index in [1.807, 2.05) is 60.7 Å². The lowest BCUT2D eigenvalue weighted by Gasteiger charge is -2.38. The molecule has 1 unspecified atom stereocenters. The van der Waals surface area contributed by atoms with E-state index in [0.717, 1.165) is 51.1 Å². The van der Waals surface area contributed by atoms with E-state index in [4.69, 9.17) is 11.6 Å². The summed E-state index contributed by atoms with van der Waals surface area (Å²) in [5.74, 6) is 0.0855. The molecular weight excluding hydrogens is 474 g/mol. The molecule has 0 radical (unpaired) electrons. The van der Waals surface area contributed by atoms with Crippen LogP contribution in [0.15, 0.2) is 121 Å². The van der Waals surface area contributed by atoms with Gasteiger partial charge in [-0.05, 0) is 59.9 Å². The van der Waals surface area contributed by atoms with Crippen LogP contribution < -0.4 is 5.32 Å². The Morgan fingerprint density at radius 3 is 2.11 bits per heavy atom. The average Bonchev–Trinajstić information content (AvgIpc) is 2.93. The highest BCUT2D eigenvalue weighted by atomic mass is 35.5. The van der Waals surface area contributed by atoms with Gasteiger partial charge in [-0.3, -0.25) is 4.79 Å². The van der Waals surface area contributed by atoms with Gasteiger partial charge < -0.3 is 5.32 Å². The first-order valence-corrected chi connectivity index (χ1v) is 12.9. The largest absolute Gasteiger partial charge is 0.368 e. The van der Waals surface area contributed by atoms with Crippen LogP contribution in [0.1, 0.15) is 49.3 Å². The Bertz CT molecular complexity index is 1610. The number of rotatable bonds is 5. The molecule has 1 atom stereocenters. The summed E-state index contributed by atoms with van der Waals surface area (Å²) in [5.41, 5.74) is 8.14. The second kappa shape index (κ2) is 9.38. The summed E-state index contributed by atoms with van der Waals surface area (Å²) in [6.45, 7) is 2.09. The normalized spacial score (nSPS) is 13.8. The third-order valence-electron chi connectivity index (χ3n) is 7.29. The van der Waals surface area contributed by atoms with E-state index in [1.165, 1.54) is 5.56 Å². The van der Waals surface area contributed by atoms with Crippen molar-refractivity contribution in [3.05, 3.63) is 171 Å². The number of aryl methyl sites for hydroxylation is 1. The molecule has 0 fully saturated rings. The number of nitrogens with one attached hydrogen (secondary N) is 1. The first-order chi connectivity index (χ1) is 18.1. The fourth-order valence-corrected chi connectivity index (χ4v) is 5.73. The Hall–Kier alpha value is -4.14. The van der Waals surface area contributed by atoms with Crippen molar-refractivity contribution in [1.82, 2.24) is 0 Å². The second-order valence-corrected chi connectivity index (χ2v) is 10.0. The smallest absolute Gasteiger partial charge is 0.193 e. The van der Waals surface area contributed by atoms with Gasteiger partial charge in [0.2, 0.25) is 0 Å². The monoisotopic (exact) mass is 499 g/mol. The van der Waals surface area contributed by atoms with Crippen LogP contribution in [0.4, 0.5) is 5.69 Å². The molecule has 1 aliphatic rings. The van der Waals surface area contributed by atoms with Crippen LogP contribution in [0.3, 0.4) is 0 Å². The fraction of sp³-hybridized carbons (Fsp3) is 0.0882. The highest BCUT2D eigenvalue weighted by Gasteiger charge is 2.38. The van der Waals surface area contributed by atoms with Crippen molar-refractivity contribution in [3.8, 4) is 0 Å². The first kappa shape index (κ1) is 23.3. The summed E-state index contributed by atoms with van der Waals surface area (Å²) >= 11 is 6.91. The Balaban J connectivity index is 1.55. The number of ketones is 1. The quantitative estimate of drug-likeness (QED) is 0.242. The zero-order valence-corrected chi connectivity index (χ0v) is 21.3. The van der Waals surface area contributed by atoms with E-state index < -0.39 is 5.54 Å². The molecule has 1 N–H and O–H groups in total. The maximum absolute atomic E-state index is 13.2. The number of hydrogen-bond donors (Lipinski definition) is 1. The summed E-state index contributed by atoms with van der Waals surface area (Å²) in [5, 5.41) is 4.58. The molecule has 37 heavy (non-hydrogen) atoms. The Morgan fingerprint density at radius 2 is 1.32 bits per heavy atom. The molecule has 2 nitrogen and oxygen atoms in total. The van der Waals surface area contributed by atoms with Crippen LogP contribution in [0.2, 0.25) is 5.02 Å². The molecule has 6 rings (SSSR count). The van der Waals surface area contributed by atoms with E-state index in [2.05, 4.69) is 72.9 Å². The molecule has 0 aromatic heterocycles. The van der Waals surface area contributed by atoms with Gasteiger partial charge in [0, 0.05) is 27.4 Å². The van der Waals surface area contributed by atoms with Crippen molar-refractivity contribution >= 4 is 23.1 Å². The van der Waals surface area contributed by atoms with E-state index in [-0.39, 0.29) is 5.78 Å². The molecule has 3 heteroatoms. The van der Waals surface area contributed by atoms with E-state index in [1.54, 1.807) is 0 Å². The van der Waals surface area contributed by atoms with Crippen LogP contribution >= 0.6 is 11.6 Å². The third-order valence-corrected chi connectivity index (χ3v) is 7.62. The first-order valence-electron chi connectivity index (χ1n) is 12.5. The van der Waals surface area contributed by atoms with Gasteiger partial charge in [0.15, 0.2) is 5.78 Å². The van der Waals surface area contributed by atoms with Gasteiger partial charge in [0.25, 0.3) is 0 Å². The molecule has 1 aliphatic carbocycles. The van der Waals surface area contributed by atoms with Gasteiger partial charge in [0.05, 0.1) is 0 Å². The number of fused-ring (bicyclic) bond motifs is 2. The van der Waals surface area contributed by atoms with Gasteiger partial charge >= 0.3 is 0 Å². The molecule has 0 saturated heterocycles. The lowest BCUT2D eigenvalue weighted by atomic mass is 9.76. The molecule has 5 aromatic rings. The van der Waals surface area contributed by atoms with Crippen molar-refractivity contribution in [2.24, 2.45) is 0 Å². The molecular formula is C34H26ClNO. The zero-order chi connectivity index (χ0) is 25.4. The van der Waals surface area contributed by atoms with Crippen LogP contribution in [0.25, 0.3) is 0 Å². The molecule has 5 aromatic carbocycles. The van der Waals surface area contributed by atoms with Crippen LogP contribution in [-0.2, 0) is 12.0 Å². The molecule has 0 spiro atoms. The molecule has 0 bridgehead atoms. The van der Waals surface area contributed by atoms with Gasteiger partial charge in [-0.1, -0.05) is 114 Å². The minimum Gasteiger partial charge on any atom is -0.368 e. The lowest BCUT2D eigenvalue weighted by Crippen LogP contribution is -2.38. The average molecular weight is 500 g/mol. The Labute approximate surface area is 222 Å². The predicted octanol–water partition coefficient (Wildman–Crippen LogP) is 8.19. The standard InChI is InChI=1S/C34H26ClNO/c1-23-15-17-27(18-16-23)34(26-10-3-2-4-11-26,31-13-7-8-14-32(31)35)36-28-19-20-30-25(22-28)21-24-9-5-6-12-29(24)33(30)37/h2-20,22,36H,21H2,1H3. The minimum atomic E-state index is -0.752. The van der Waals surface area contributed by atoms with E-state index in [9.17, 15) is 4.79 Å². The van der Waals surface area contributed by atoms with Crippen LogP contribution in [0.5, 0.6) is 0 Å². The Morgan fingerprint density at radius 1 is 0.676 bits per heavy atom. The van der Waals surface area contributed by atoms with Crippen LogP contribution in [-0.4, -0.2) is 5.78 Å². The summed E-state index contributed by atoms with van der Waals surface area (Å²) < 4.78 is 0. The SMILES string of the molecule is Cc1ccc(C(Nc2ccc3c(c2)Cc2ccccc2C3=O)(c2ccccc2)c2ccccc2Cl)cc1. The van der Waals surface area contributed by atoms with Gasteiger partial charge in [-0.2, -0.15) is 0 Å². The predicted molar refractivity (Wildman–Crippen MR) is 152 cm³/mol. The fourth-order valence-electron chi connectivity index (χ4n) is 5.45. The Kier molecular flexibility index (Phi) is 5.90. The molecule has 0 heterocycles. The van der Waals surface area contributed by atoms with E-state index >= 15 is 0 Å². The minimum absolute atomic E-state index is 0.0855. The number of anilines is 1. The van der Waals surface area contributed by atoms with Crippen molar-refractivity contribution in [2.45, 2.75) is 18.9 Å². The number of benzene rings is 5. The molecule has 0 aliphatic heterocycles. The van der Waals surface area contributed by atoms with Gasteiger partial charge in [0.1, 0.15) is 5.54 Å². The number of hydrogen-bond acceptors (Lipinski definition) is 2. The third kappa shape index (κ3) is 4.04. The topological polar surface area (TPSA) is 29.1 Å². The van der Waals surface area contributed by atoms with Crippen molar-refractivity contribution in [3.63, 3.8) is 0 Å². The number of carbonyl (C=O) groups is 1. The lowest BCUT2D eigenvalue weighted by molar-refractivity contribution is 0.103. The van der Waals surface area contributed by atoms with Crippen molar-refractivity contribution in [1.29, 1.82) is 0 Å². The summed E-state index contributed by atoms with van der Waals surface area (Å²) in [7, 11) is 0. The van der Waals surface area contributed by atoms with Crippen molar-refractivity contribution < 1.29 is 4.79 Å². The van der Waals surface area contributed by atoms with Crippen molar-refractivity contribution in [2.75, 3.05) is 5.32 Å². The number of carbonyl (C=O) groups excluding carboxylic acids is 1.